The number of thiophene rings is 1. The lowest BCUT2D eigenvalue weighted by molar-refractivity contribution is -0.385. The Bertz CT molecular complexity index is 1210. The summed E-state index contributed by atoms with van der Waals surface area (Å²) in [5.74, 6) is -0.388. The molecule has 4 aromatic rings. The van der Waals surface area contributed by atoms with E-state index in [4.69, 9.17) is 9.47 Å². The molecule has 0 spiro atoms. The van der Waals surface area contributed by atoms with Crippen LogP contribution in [0.15, 0.2) is 39.8 Å². The third kappa shape index (κ3) is 4.68. The molecule has 13 heteroatoms. The number of carbonyl (C=O) groups is 1. The molecule has 3 heterocycles. The zero-order chi connectivity index (χ0) is 21.8. The van der Waals surface area contributed by atoms with Crippen LogP contribution >= 0.6 is 34.0 Å². The van der Waals surface area contributed by atoms with Gasteiger partial charge >= 0.3 is 0 Å². The highest BCUT2D eigenvalue weighted by Crippen LogP contribution is 2.36. The Balaban J connectivity index is 1.58. The number of amides is 1. The fourth-order valence-electron chi connectivity index (χ4n) is 2.56. The van der Waals surface area contributed by atoms with Crippen LogP contribution in [0.1, 0.15) is 16.1 Å². The van der Waals surface area contributed by atoms with Crippen LogP contribution in [0, 0.1) is 10.1 Å². The van der Waals surface area contributed by atoms with Crippen LogP contribution in [0.4, 0.5) is 10.8 Å². The Morgan fingerprint density at radius 1 is 1.23 bits per heavy atom. The standard InChI is InChI=1S/C18H13N5O5S3/c1-27-14-4-12(13(23(25)26)5-15(14)28-6-11-8-30-9-19-11)16(24)20-18-22-21-17(31-18)10-2-3-29-7-10/h2-5,7-9H,6H2,1H3,(H,20,22,24). The molecule has 0 atom stereocenters. The molecule has 1 aromatic carbocycles. The lowest BCUT2D eigenvalue weighted by Gasteiger charge is -2.12. The summed E-state index contributed by atoms with van der Waals surface area (Å²) < 4.78 is 10.9. The number of carbonyl (C=O) groups excluding carboxylic acids is 1. The number of benzene rings is 1. The lowest BCUT2D eigenvalue weighted by Crippen LogP contribution is -2.14. The van der Waals surface area contributed by atoms with Crippen molar-refractivity contribution in [2.24, 2.45) is 0 Å². The molecular formula is C18H13N5O5S3. The maximum atomic E-state index is 12.8. The number of thiazole rings is 1. The first kappa shape index (κ1) is 20.8. The van der Waals surface area contributed by atoms with Gasteiger partial charge in [-0.1, -0.05) is 11.3 Å². The van der Waals surface area contributed by atoms with Crippen molar-refractivity contribution >= 4 is 50.7 Å². The largest absolute Gasteiger partial charge is 0.493 e. The SMILES string of the molecule is COc1cc(C(=O)Nc2nnc(-c3ccsc3)s2)c([N+](=O)[O-])cc1OCc1cscn1. The van der Waals surface area contributed by atoms with E-state index in [0.717, 1.165) is 11.6 Å². The van der Waals surface area contributed by atoms with Crippen molar-refractivity contribution in [3.63, 3.8) is 0 Å². The Hall–Kier alpha value is -3.42. The molecular weight excluding hydrogens is 462 g/mol. The van der Waals surface area contributed by atoms with Gasteiger partial charge in [-0.2, -0.15) is 11.3 Å². The van der Waals surface area contributed by atoms with Gasteiger partial charge in [-0.05, 0) is 11.4 Å². The minimum atomic E-state index is -0.705. The Kier molecular flexibility index (Phi) is 6.16. The molecule has 4 rings (SSSR count). The van der Waals surface area contributed by atoms with Gasteiger partial charge in [0.05, 0.1) is 29.3 Å². The summed E-state index contributed by atoms with van der Waals surface area (Å²) in [6.45, 7) is 0.110. The number of anilines is 1. The van der Waals surface area contributed by atoms with Crippen LogP contribution in [0.25, 0.3) is 10.6 Å². The van der Waals surface area contributed by atoms with Gasteiger partial charge in [-0.15, -0.1) is 21.5 Å². The second-order valence-corrected chi connectivity index (χ2v) is 8.40. The summed E-state index contributed by atoms with van der Waals surface area (Å²) in [5, 5.41) is 28.6. The quantitative estimate of drug-likeness (QED) is 0.292. The summed E-state index contributed by atoms with van der Waals surface area (Å²) in [4.78, 5) is 27.8. The van der Waals surface area contributed by atoms with Crippen molar-refractivity contribution in [3.8, 4) is 22.1 Å². The third-order valence-electron chi connectivity index (χ3n) is 4.00. The Labute approximate surface area is 187 Å². The van der Waals surface area contributed by atoms with E-state index in [-0.39, 0.29) is 28.8 Å². The number of nitro groups is 1. The molecule has 3 aromatic heterocycles. The average Bonchev–Trinajstić information content (AvgIpc) is 3.54. The van der Waals surface area contributed by atoms with E-state index in [1.54, 1.807) is 10.9 Å². The number of nitrogens with zero attached hydrogens (tertiary/aromatic N) is 4. The number of aromatic nitrogens is 3. The number of hydrogen-bond acceptors (Lipinski definition) is 11. The van der Waals surface area contributed by atoms with E-state index >= 15 is 0 Å². The van der Waals surface area contributed by atoms with Crippen LogP contribution in [-0.4, -0.2) is 33.1 Å². The third-order valence-corrected chi connectivity index (χ3v) is 6.20. The maximum Gasteiger partial charge on any atom is 0.286 e. The molecule has 0 fully saturated rings. The van der Waals surface area contributed by atoms with Crippen LogP contribution in [-0.2, 0) is 6.61 Å². The molecule has 0 aliphatic heterocycles. The van der Waals surface area contributed by atoms with Crippen molar-refractivity contribution in [3.05, 3.63) is 61.2 Å². The number of nitrogens with one attached hydrogen (secondary N) is 1. The number of hydrogen-bond donors (Lipinski definition) is 1. The van der Waals surface area contributed by atoms with Crippen molar-refractivity contribution in [2.45, 2.75) is 6.61 Å². The van der Waals surface area contributed by atoms with Crippen LogP contribution in [0.5, 0.6) is 11.5 Å². The second-order valence-electron chi connectivity index (χ2n) is 5.92. The Morgan fingerprint density at radius 3 is 2.77 bits per heavy atom. The summed E-state index contributed by atoms with van der Waals surface area (Å²) >= 11 is 4.09. The molecule has 0 unspecified atom stereocenters. The summed E-state index contributed by atoms with van der Waals surface area (Å²) in [7, 11) is 1.39. The van der Waals surface area contributed by atoms with Gasteiger partial charge in [0, 0.05) is 22.4 Å². The predicted octanol–water partition coefficient (Wildman–Crippen LogP) is 4.47. The smallest absolute Gasteiger partial charge is 0.286 e. The molecule has 0 saturated heterocycles. The highest BCUT2D eigenvalue weighted by Gasteiger charge is 2.26. The zero-order valence-corrected chi connectivity index (χ0v) is 18.3. The fraction of sp³-hybridized carbons (Fsp3) is 0.111. The highest BCUT2D eigenvalue weighted by molar-refractivity contribution is 7.19. The minimum Gasteiger partial charge on any atom is -0.493 e. The highest BCUT2D eigenvalue weighted by atomic mass is 32.1. The van der Waals surface area contributed by atoms with Gasteiger partial charge in [-0.25, -0.2) is 4.98 Å². The molecule has 158 valence electrons. The van der Waals surface area contributed by atoms with Crippen molar-refractivity contribution in [1.29, 1.82) is 0 Å². The first-order valence-corrected chi connectivity index (χ1v) is 11.3. The number of rotatable bonds is 8. The van der Waals surface area contributed by atoms with E-state index in [2.05, 4.69) is 20.5 Å². The number of ether oxygens (including phenoxy) is 2. The summed E-state index contributed by atoms with van der Waals surface area (Å²) in [6.07, 6.45) is 0. The molecule has 1 N–H and O–H groups in total. The number of nitro benzene ring substituents is 1. The normalized spacial score (nSPS) is 10.6. The predicted molar refractivity (Wildman–Crippen MR) is 117 cm³/mol. The van der Waals surface area contributed by atoms with Gasteiger partial charge in [0.2, 0.25) is 5.13 Å². The molecule has 0 aliphatic rings. The maximum absolute atomic E-state index is 12.8. The van der Waals surface area contributed by atoms with E-state index in [9.17, 15) is 14.9 Å². The van der Waals surface area contributed by atoms with E-state index in [0.29, 0.717) is 10.7 Å². The average molecular weight is 476 g/mol. The lowest BCUT2D eigenvalue weighted by atomic mass is 10.1. The first-order valence-electron chi connectivity index (χ1n) is 8.59. The first-order chi connectivity index (χ1) is 15.0. The molecule has 31 heavy (non-hydrogen) atoms. The summed E-state index contributed by atoms with van der Waals surface area (Å²) in [5.41, 5.74) is 2.61. The van der Waals surface area contributed by atoms with Gasteiger partial charge in [0.15, 0.2) is 11.5 Å². The van der Waals surface area contributed by atoms with E-state index in [1.165, 1.54) is 47.2 Å². The van der Waals surface area contributed by atoms with E-state index in [1.807, 2.05) is 16.8 Å². The summed E-state index contributed by atoms with van der Waals surface area (Å²) in [6, 6.07) is 4.32. The molecule has 1 amide bonds. The van der Waals surface area contributed by atoms with Crippen molar-refractivity contribution in [1.82, 2.24) is 15.2 Å². The van der Waals surface area contributed by atoms with Crippen molar-refractivity contribution < 1.29 is 19.2 Å². The molecule has 10 nitrogen and oxygen atoms in total. The van der Waals surface area contributed by atoms with Gasteiger partial charge in [0.1, 0.15) is 17.2 Å². The topological polar surface area (TPSA) is 129 Å². The van der Waals surface area contributed by atoms with Gasteiger partial charge in [0.25, 0.3) is 11.6 Å². The van der Waals surface area contributed by atoms with Gasteiger partial charge < -0.3 is 9.47 Å². The fourth-order valence-corrected chi connectivity index (χ4v) is 4.55. The second kappa shape index (κ2) is 9.16. The van der Waals surface area contributed by atoms with Gasteiger partial charge in [-0.3, -0.25) is 20.2 Å². The van der Waals surface area contributed by atoms with E-state index < -0.39 is 16.5 Å². The zero-order valence-electron chi connectivity index (χ0n) is 15.8. The number of methoxy groups -OCH3 is 1. The molecule has 0 bridgehead atoms. The van der Waals surface area contributed by atoms with Crippen LogP contribution < -0.4 is 14.8 Å². The minimum absolute atomic E-state index is 0.110. The van der Waals surface area contributed by atoms with Crippen LogP contribution in [0.3, 0.4) is 0 Å². The molecule has 0 aliphatic carbocycles. The van der Waals surface area contributed by atoms with Crippen LogP contribution in [0.2, 0.25) is 0 Å². The Morgan fingerprint density at radius 2 is 2.10 bits per heavy atom. The monoisotopic (exact) mass is 475 g/mol. The molecule has 0 saturated carbocycles. The van der Waals surface area contributed by atoms with Crippen molar-refractivity contribution in [2.75, 3.05) is 12.4 Å². The molecule has 0 radical (unpaired) electrons.